The quantitative estimate of drug-likeness (QED) is 0.560. The molecule has 0 unspecified atom stereocenters. The summed E-state index contributed by atoms with van der Waals surface area (Å²) in [4.78, 5) is 15.2. The number of aromatic nitrogens is 4. The topological polar surface area (TPSA) is 63.4 Å². The maximum Gasteiger partial charge on any atom is 0.258 e. The molecule has 0 saturated carbocycles. The van der Waals surface area contributed by atoms with Gasteiger partial charge >= 0.3 is 0 Å². The molecule has 2 aromatic carbocycles. The molecule has 128 valence electrons. The second kappa shape index (κ2) is 5.74. The van der Waals surface area contributed by atoms with E-state index in [0.717, 1.165) is 44.6 Å². The van der Waals surface area contributed by atoms with E-state index in [1.165, 1.54) is 11.3 Å². The number of amides is 1. The lowest BCUT2D eigenvalue weighted by atomic mass is 10.1. The molecule has 0 saturated heterocycles. The van der Waals surface area contributed by atoms with Crippen molar-refractivity contribution in [1.82, 2.24) is 19.8 Å². The van der Waals surface area contributed by atoms with E-state index in [2.05, 4.69) is 15.3 Å². The summed E-state index contributed by atoms with van der Waals surface area (Å²) in [6, 6.07) is 15.7. The molecule has 3 heterocycles. The minimum atomic E-state index is 0.0553. The Morgan fingerprint density at radius 2 is 1.88 bits per heavy atom. The number of rotatable bonds is 3. The molecule has 0 N–H and O–H groups in total. The van der Waals surface area contributed by atoms with Crippen LogP contribution in [0.15, 0.2) is 48.5 Å². The van der Waals surface area contributed by atoms with Gasteiger partial charge in [0.25, 0.3) is 5.91 Å². The monoisotopic (exact) mass is 361 g/mol. The Hall–Kier alpha value is -3.06. The highest BCUT2D eigenvalue weighted by Crippen LogP contribution is 2.31. The second-order valence-electron chi connectivity index (χ2n) is 6.17. The van der Waals surface area contributed by atoms with Gasteiger partial charge in [-0.05, 0) is 35.9 Å². The normalized spacial score (nSPS) is 13.6. The van der Waals surface area contributed by atoms with Crippen molar-refractivity contribution in [3.8, 4) is 10.6 Å². The molecular weight excluding hydrogens is 346 g/mol. The average molecular weight is 361 g/mol. The molecule has 26 heavy (non-hydrogen) atoms. The Morgan fingerprint density at radius 1 is 1.08 bits per heavy atom. The number of hydrogen-bond acceptors (Lipinski definition) is 5. The maximum atomic E-state index is 12.6. The molecule has 0 bridgehead atoms. The summed E-state index contributed by atoms with van der Waals surface area (Å²) in [5, 5.41) is 13.8. The van der Waals surface area contributed by atoms with Gasteiger partial charge in [-0.3, -0.25) is 4.79 Å². The number of nitrogens with zero attached hydrogens (tertiary/aromatic N) is 5. The lowest BCUT2D eigenvalue weighted by Crippen LogP contribution is -2.22. The molecule has 2 aromatic heterocycles. The highest BCUT2D eigenvalue weighted by atomic mass is 32.1. The fraction of sp³-hybridized carbons (Fsp3) is 0.158. The van der Waals surface area contributed by atoms with E-state index in [-0.39, 0.29) is 5.91 Å². The van der Waals surface area contributed by atoms with E-state index >= 15 is 0 Å². The fourth-order valence-corrected chi connectivity index (χ4v) is 4.11. The van der Waals surface area contributed by atoms with Gasteiger partial charge in [-0.25, -0.2) is 0 Å². The molecule has 0 atom stereocenters. The summed E-state index contributed by atoms with van der Waals surface area (Å²) in [5.41, 5.74) is 3.77. The van der Waals surface area contributed by atoms with Crippen molar-refractivity contribution >= 4 is 27.9 Å². The molecule has 7 heteroatoms. The minimum absolute atomic E-state index is 0.0553. The van der Waals surface area contributed by atoms with E-state index in [4.69, 9.17) is 0 Å². The zero-order valence-electron chi connectivity index (χ0n) is 14.1. The second-order valence-corrected chi connectivity index (χ2v) is 7.12. The third-order valence-corrected chi connectivity index (χ3v) is 5.57. The molecule has 5 rings (SSSR count). The van der Waals surface area contributed by atoms with Gasteiger partial charge in [0.2, 0.25) is 4.96 Å². The van der Waals surface area contributed by atoms with Crippen LogP contribution in [0, 0.1) is 0 Å². The van der Waals surface area contributed by atoms with E-state index in [1.807, 2.05) is 60.4 Å². The van der Waals surface area contributed by atoms with Crippen LogP contribution in [0.1, 0.15) is 28.7 Å². The lowest BCUT2D eigenvalue weighted by Gasteiger charge is -2.15. The van der Waals surface area contributed by atoms with Gasteiger partial charge in [0, 0.05) is 23.2 Å². The molecule has 0 spiro atoms. The van der Waals surface area contributed by atoms with E-state index < -0.39 is 0 Å². The van der Waals surface area contributed by atoms with E-state index in [9.17, 15) is 4.79 Å². The molecule has 0 radical (unpaired) electrons. The molecular formula is C19H15N5OS. The van der Waals surface area contributed by atoms with E-state index in [0.29, 0.717) is 6.54 Å². The number of carbonyl (C=O) groups is 1. The lowest BCUT2D eigenvalue weighted by molar-refractivity contribution is 0.0996. The SMILES string of the molecule is CCc1nnc2sc(-c3ccc(N4Cc5ccccc5C4=O)cc3)nn12. The van der Waals surface area contributed by atoms with E-state index in [1.54, 1.807) is 4.52 Å². The summed E-state index contributed by atoms with van der Waals surface area (Å²) in [6.07, 6.45) is 0.793. The van der Waals surface area contributed by atoms with Crippen molar-refractivity contribution in [2.75, 3.05) is 4.90 Å². The first-order valence-corrected chi connectivity index (χ1v) is 9.27. The Labute approximate surface area is 153 Å². The summed E-state index contributed by atoms with van der Waals surface area (Å²) >= 11 is 1.51. The van der Waals surface area contributed by atoms with Crippen LogP contribution in [0.5, 0.6) is 0 Å². The first kappa shape index (κ1) is 15.2. The summed E-state index contributed by atoms with van der Waals surface area (Å²) in [5.74, 6) is 0.916. The van der Waals surface area contributed by atoms with Gasteiger partial charge in [-0.1, -0.05) is 36.5 Å². The number of hydrogen-bond donors (Lipinski definition) is 0. The van der Waals surface area contributed by atoms with Gasteiger partial charge < -0.3 is 4.90 Å². The maximum absolute atomic E-state index is 12.6. The number of aryl methyl sites for hydroxylation is 1. The van der Waals surface area contributed by atoms with Crippen molar-refractivity contribution in [3.63, 3.8) is 0 Å². The van der Waals surface area contributed by atoms with Crippen molar-refractivity contribution in [2.45, 2.75) is 19.9 Å². The molecule has 1 aliphatic heterocycles. The molecule has 6 nitrogen and oxygen atoms in total. The third kappa shape index (κ3) is 2.24. The number of fused-ring (bicyclic) bond motifs is 2. The summed E-state index contributed by atoms with van der Waals surface area (Å²) < 4.78 is 1.80. The number of anilines is 1. The van der Waals surface area contributed by atoms with Crippen LogP contribution in [0.25, 0.3) is 15.5 Å². The Kier molecular flexibility index (Phi) is 3.36. The molecule has 0 fully saturated rings. The van der Waals surface area contributed by atoms with Crippen LogP contribution in [0.4, 0.5) is 5.69 Å². The highest BCUT2D eigenvalue weighted by Gasteiger charge is 2.27. The highest BCUT2D eigenvalue weighted by molar-refractivity contribution is 7.19. The fourth-order valence-electron chi connectivity index (χ4n) is 3.24. The van der Waals surface area contributed by atoms with Gasteiger partial charge in [-0.15, -0.1) is 10.2 Å². The first-order chi connectivity index (χ1) is 12.7. The van der Waals surface area contributed by atoms with Gasteiger partial charge in [0.1, 0.15) is 5.01 Å². The number of benzene rings is 2. The molecule has 4 aromatic rings. The van der Waals surface area contributed by atoms with Gasteiger partial charge in [-0.2, -0.15) is 9.61 Å². The van der Waals surface area contributed by atoms with Crippen molar-refractivity contribution < 1.29 is 4.79 Å². The summed E-state index contributed by atoms with van der Waals surface area (Å²) in [7, 11) is 0. The minimum Gasteiger partial charge on any atom is -0.304 e. The zero-order valence-corrected chi connectivity index (χ0v) is 14.9. The Morgan fingerprint density at radius 3 is 2.65 bits per heavy atom. The predicted molar refractivity (Wildman–Crippen MR) is 100 cm³/mol. The van der Waals surface area contributed by atoms with Crippen LogP contribution < -0.4 is 4.90 Å². The Balaban J connectivity index is 1.46. The zero-order chi connectivity index (χ0) is 17.7. The van der Waals surface area contributed by atoms with Crippen LogP contribution in [0.2, 0.25) is 0 Å². The van der Waals surface area contributed by atoms with Crippen molar-refractivity contribution in [3.05, 3.63) is 65.5 Å². The smallest absolute Gasteiger partial charge is 0.258 e. The first-order valence-electron chi connectivity index (χ1n) is 8.46. The van der Waals surface area contributed by atoms with Crippen molar-refractivity contribution in [2.24, 2.45) is 0 Å². The third-order valence-electron chi connectivity index (χ3n) is 4.62. The standard InChI is InChI=1S/C19H15N5OS/c1-2-16-20-21-19-24(16)22-17(26-19)12-7-9-14(10-8-12)23-11-13-5-3-4-6-15(13)18(23)25/h3-10H,2,11H2,1H3. The molecule has 1 aliphatic rings. The van der Waals surface area contributed by atoms with Crippen LogP contribution in [-0.4, -0.2) is 25.7 Å². The summed E-state index contributed by atoms with van der Waals surface area (Å²) in [6.45, 7) is 2.65. The predicted octanol–water partition coefficient (Wildman–Crippen LogP) is 3.58. The van der Waals surface area contributed by atoms with Crippen LogP contribution in [-0.2, 0) is 13.0 Å². The van der Waals surface area contributed by atoms with Gasteiger partial charge in [0.05, 0.1) is 6.54 Å². The molecule has 0 aliphatic carbocycles. The van der Waals surface area contributed by atoms with Gasteiger partial charge in [0.15, 0.2) is 5.82 Å². The Bertz CT molecular complexity index is 1130. The van der Waals surface area contributed by atoms with Crippen molar-refractivity contribution in [1.29, 1.82) is 0 Å². The van der Waals surface area contributed by atoms with Crippen LogP contribution in [0.3, 0.4) is 0 Å². The molecule has 1 amide bonds. The number of carbonyl (C=O) groups excluding carboxylic acids is 1. The van der Waals surface area contributed by atoms with Crippen LogP contribution >= 0.6 is 11.3 Å². The average Bonchev–Trinajstić information content (AvgIpc) is 3.35. The largest absolute Gasteiger partial charge is 0.304 e.